The van der Waals surface area contributed by atoms with Crippen LogP contribution in [0.1, 0.15) is 11.1 Å². The summed E-state index contributed by atoms with van der Waals surface area (Å²) in [6.07, 6.45) is 0. The molecule has 98 valence electrons. The van der Waals surface area contributed by atoms with Crippen molar-refractivity contribution in [1.82, 2.24) is 5.32 Å². The van der Waals surface area contributed by atoms with Gasteiger partial charge in [0.1, 0.15) is 0 Å². The van der Waals surface area contributed by atoms with E-state index in [9.17, 15) is 0 Å². The third-order valence-electron chi connectivity index (χ3n) is 2.67. The highest BCUT2D eigenvalue weighted by molar-refractivity contribution is 7.80. The van der Waals surface area contributed by atoms with Crippen molar-refractivity contribution in [2.24, 2.45) is 0 Å². The van der Waals surface area contributed by atoms with E-state index in [-0.39, 0.29) is 0 Å². The van der Waals surface area contributed by atoms with Crippen LogP contribution in [0.25, 0.3) is 0 Å². The van der Waals surface area contributed by atoms with Gasteiger partial charge in [-0.1, -0.05) is 48.0 Å². The Morgan fingerprint density at radius 1 is 1.16 bits per heavy atom. The molecule has 0 saturated carbocycles. The summed E-state index contributed by atoms with van der Waals surface area (Å²) in [5, 5.41) is 7.48. The molecule has 4 heteroatoms. The van der Waals surface area contributed by atoms with Crippen LogP contribution in [0.4, 0.5) is 5.69 Å². The first-order valence-corrected chi connectivity index (χ1v) is 6.79. The van der Waals surface area contributed by atoms with E-state index >= 15 is 0 Å². The zero-order chi connectivity index (χ0) is 13.7. The maximum atomic E-state index is 6.14. The number of hydrogen-bond donors (Lipinski definition) is 2. The van der Waals surface area contributed by atoms with Gasteiger partial charge < -0.3 is 10.6 Å². The normalized spacial score (nSPS) is 10.0. The van der Waals surface area contributed by atoms with Gasteiger partial charge in [-0.3, -0.25) is 0 Å². The largest absolute Gasteiger partial charge is 0.358 e. The quantitative estimate of drug-likeness (QED) is 0.831. The second-order valence-corrected chi connectivity index (χ2v) is 5.09. The Hall–Kier alpha value is -1.58. The van der Waals surface area contributed by atoms with Crippen molar-refractivity contribution in [2.45, 2.75) is 13.5 Å². The van der Waals surface area contributed by atoms with Gasteiger partial charge in [-0.2, -0.15) is 0 Å². The first-order chi connectivity index (χ1) is 9.15. The van der Waals surface area contributed by atoms with Gasteiger partial charge in [-0.15, -0.1) is 0 Å². The lowest BCUT2D eigenvalue weighted by molar-refractivity contribution is 0.926. The van der Waals surface area contributed by atoms with Gasteiger partial charge in [0.2, 0.25) is 0 Å². The lowest BCUT2D eigenvalue weighted by Gasteiger charge is -2.12. The highest BCUT2D eigenvalue weighted by Gasteiger charge is 2.02. The van der Waals surface area contributed by atoms with Crippen LogP contribution in [0.3, 0.4) is 0 Å². The van der Waals surface area contributed by atoms with Gasteiger partial charge in [0, 0.05) is 6.54 Å². The van der Waals surface area contributed by atoms with Crippen molar-refractivity contribution >= 4 is 34.6 Å². The van der Waals surface area contributed by atoms with Crippen LogP contribution in [-0.4, -0.2) is 5.11 Å². The van der Waals surface area contributed by atoms with Gasteiger partial charge in [0.25, 0.3) is 0 Å². The van der Waals surface area contributed by atoms with E-state index in [1.54, 1.807) is 0 Å². The number of halogens is 1. The second-order valence-electron chi connectivity index (χ2n) is 4.28. The number of thiocarbonyl (C=S) groups is 1. The molecule has 0 unspecified atom stereocenters. The number of anilines is 1. The third kappa shape index (κ3) is 4.23. The minimum Gasteiger partial charge on any atom is -0.358 e. The van der Waals surface area contributed by atoms with Crippen LogP contribution in [0.15, 0.2) is 48.5 Å². The molecule has 0 bridgehead atoms. The molecule has 2 aromatic carbocycles. The molecule has 0 saturated heterocycles. The molecule has 0 aliphatic rings. The smallest absolute Gasteiger partial charge is 0.171 e. The molecule has 2 nitrogen and oxygen atoms in total. The molecule has 0 aliphatic carbocycles. The van der Waals surface area contributed by atoms with Crippen molar-refractivity contribution < 1.29 is 0 Å². The molecule has 0 atom stereocenters. The fourth-order valence-electron chi connectivity index (χ4n) is 1.67. The Balaban J connectivity index is 1.91. The zero-order valence-electron chi connectivity index (χ0n) is 10.6. The maximum Gasteiger partial charge on any atom is 0.171 e. The lowest BCUT2D eigenvalue weighted by atomic mass is 10.2. The van der Waals surface area contributed by atoms with E-state index in [0.29, 0.717) is 16.7 Å². The summed E-state index contributed by atoms with van der Waals surface area (Å²) >= 11 is 11.4. The van der Waals surface area contributed by atoms with E-state index in [1.807, 2.05) is 43.3 Å². The zero-order valence-corrected chi connectivity index (χ0v) is 12.2. The summed E-state index contributed by atoms with van der Waals surface area (Å²) in [4.78, 5) is 0. The fraction of sp³-hybridized carbons (Fsp3) is 0.133. The number of rotatable bonds is 3. The van der Waals surface area contributed by atoms with Crippen LogP contribution in [0.2, 0.25) is 5.02 Å². The first-order valence-electron chi connectivity index (χ1n) is 6.00. The lowest BCUT2D eigenvalue weighted by Crippen LogP contribution is -2.27. The van der Waals surface area contributed by atoms with Crippen LogP contribution >= 0.6 is 23.8 Å². The predicted molar refractivity (Wildman–Crippen MR) is 85.7 cm³/mol. The Morgan fingerprint density at radius 3 is 2.58 bits per heavy atom. The Labute approximate surface area is 123 Å². The summed E-state index contributed by atoms with van der Waals surface area (Å²) in [6.45, 7) is 2.69. The molecule has 0 aromatic heterocycles. The predicted octanol–water partition coefficient (Wildman–Crippen LogP) is 4.14. The molecule has 0 radical (unpaired) electrons. The molecule has 2 N–H and O–H groups in total. The molecule has 19 heavy (non-hydrogen) atoms. The van der Waals surface area contributed by atoms with E-state index < -0.39 is 0 Å². The van der Waals surface area contributed by atoms with Gasteiger partial charge in [0.05, 0.1) is 10.7 Å². The summed E-state index contributed by atoms with van der Waals surface area (Å²) in [5.74, 6) is 0. The molecular weight excluding hydrogens is 276 g/mol. The average molecular weight is 291 g/mol. The molecule has 0 aliphatic heterocycles. The summed E-state index contributed by atoms with van der Waals surface area (Å²) < 4.78 is 0. The van der Waals surface area contributed by atoms with Crippen LogP contribution in [-0.2, 0) is 6.54 Å². The number of nitrogens with one attached hydrogen (secondary N) is 2. The molecular formula is C15H15ClN2S. The topological polar surface area (TPSA) is 24.1 Å². The second kappa shape index (κ2) is 6.55. The molecule has 0 spiro atoms. The Kier molecular flexibility index (Phi) is 4.77. The highest BCUT2D eigenvalue weighted by Crippen LogP contribution is 2.22. The molecule has 0 fully saturated rings. The average Bonchev–Trinajstić information content (AvgIpc) is 2.41. The van der Waals surface area contributed by atoms with E-state index in [4.69, 9.17) is 23.8 Å². The summed E-state index contributed by atoms with van der Waals surface area (Å²) in [7, 11) is 0. The van der Waals surface area contributed by atoms with Crippen molar-refractivity contribution in [3.63, 3.8) is 0 Å². The molecule has 0 amide bonds. The van der Waals surface area contributed by atoms with Crippen molar-refractivity contribution in [1.29, 1.82) is 0 Å². The van der Waals surface area contributed by atoms with E-state index in [1.165, 1.54) is 5.56 Å². The van der Waals surface area contributed by atoms with Gasteiger partial charge in [0.15, 0.2) is 5.11 Å². The molecule has 2 aromatic rings. The van der Waals surface area contributed by atoms with Gasteiger partial charge >= 0.3 is 0 Å². The minimum absolute atomic E-state index is 0.564. The summed E-state index contributed by atoms with van der Waals surface area (Å²) in [5.41, 5.74) is 3.12. The standard InChI is InChI=1S/C15H15ClN2S/c1-11-7-8-14(13(16)9-11)18-15(19)17-10-12-5-3-2-4-6-12/h2-9H,10H2,1H3,(H2,17,18,19). The Morgan fingerprint density at radius 2 is 1.89 bits per heavy atom. The van der Waals surface area contributed by atoms with E-state index in [2.05, 4.69) is 22.8 Å². The van der Waals surface area contributed by atoms with Crippen LogP contribution < -0.4 is 10.6 Å². The molecule has 2 rings (SSSR count). The number of aryl methyl sites for hydroxylation is 1. The van der Waals surface area contributed by atoms with Gasteiger partial charge in [-0.05, 0) is 42.4 Å². The van der Waals surface area contributed by atoms with Crippen molar-refractivity contribution in [3.8, 4) is 0 Å². The SMILES string of the molecule is Cc1ccc(NC(=S)NCc2ccccc2)c(Cl)c1. The fourth-order valence-corrected chi connectivity index (χ4v) is 2.13. The van der Waals surface area contributed by atoms with Gasteiger partial charge in [-0.25, -0.2) is 0 Å². The van der Waals surface area contributed by atoms with Crippen LogP contribution in [0, 0.1) is 6.92 Å². The van der Waals surface area contributed by atoms with E-state index in [0.717, 1.165) is 11.3 Å². The highest BCUT2D eigenvalue weighted by atomic mass is 35.5. The van der Waals surface area contributed by atoms with Crippen molar-refractivity contribution in [2.75, 3.05) is 5.32 Å². The first kappa shape index (κ1) is 13.8. The van der Waals surface area contributed by atoms with Crippen LogP contribution in [0.5, 0.6) is 0 Å². The minimum atomic E-state index is 0.564. The third-order valence-corrected chi connectivity index (χ3v) is 3.23. The summed E-state index contributed by atoms with van der Waals surface area (Å²) in [6, 6.07) is 15.9. The monoisotopic (exact) mass is 290 g/mol. The Bertz CT molecular complexity index is 570. The number of benzene rings is 2. The number of hydrogen-bond acceptors (Lipinski definition) is 1. The molecule has 0 heterocycles. The van der Waals surface area contributed by atoms with Crippen molar-refractivity contribution in [3.05, 3.63) is 64.7 Å². The maximum absolute atomic E-state index is 6.14.